The van der Waals surface area contributed by atoms with Crippen LogP contribution in [0.4, 0.5) is 0 Å². The zero-order valence-electron chi connectivity index (χ0n) is 11.9. The van der Waals surface area contributed by atoms with Gasteiger partial charge in [0.15, 0.2) is 0 Å². The molecule has 1 aliphatic heterocycles. The molecule has 22 heavy (non-hydrogen) atoms. The molecule has 4 rings (SSSR count). The van der Waals surface area contributed by atoms with E-state index in [2.05, 4.69) is 0 Å². The lowest BCUT2D eigenvalue weighted by atomic mass is 10.00. The quantitative estimate of drug-likeness (QED) is 0.683. The summed E-state index contributed by atoms with van der Waals surface area (Å²) in [5.41, 5.74) is 0.827. The fraction of sp³-hybridized carbons (Fsp3) is 0.105. The maximum Gasteiger partial charge on any atom is 0.284 e. The first-order valence-electron chi connectivity index (χ1n) is 7.21. The third-order valence-electron chi connectivity index (χ3n) is 3.94. The molecule has 0 atom stereocenters. The number of hydrogen-bond acceptors (Lipinski definition) is 3. The summed E-state index contributed by atoms with van der Waals surface area (Å²) in [5.74, 6) is 0.376. The van der Waals surface area contributed by atoms with E-state index in [1.54, 1.807) is 0 Å². The molecular weight excluding hydrogens is 276 g/mol. The molecule has 0 amide bonds. The summed E-state index contributed by atoms with van der Waals surface area (Å²) < 4.78 is 12.3. The minimum absolute atomic E-state index is 0.127. The van der Waals surface area contributed by atoms with Crippen molar-refractivity contribution in [2.45, 2.75) is 12.2 Å². The van der Waals surface area contributed by atoms with Crippen LogP contribution in [0.25, 0.3) is 10.8 Å². The van der Waals surface area contributed by atoms with Gasteiger partial charge in [-0.2, -0.15) is 0 Å². The summed E-state index contributed by atoms with van der Waals surface area (Å²) in [5, 5.41) is 2.00. The molecule has 1 heterocycles. The number of aldehydes is 1. The van der Waals surface area contributed by atoms with Crippen LogP contribution in [0.3, 0.4) is 0 Å². The predicted molar refractivity (Wildman–Crippen MR) is 84.0 cm³/mol. The van der Waals surface area contributed by atoms with Crippen molar-refractivity contribution < 1.29 is 14.3 Å². The number of carbonyl (C=O) groups is 1. The lowest BCUT2D eigenvalue weighted by Crippen LogP contribution is -2.41. The maximum absolute atomic E-state index is 11.2. The molecule has 108 valence electrons. The molecule has 0 aliphatic carbocycles. The van der Waals surface area contributed by atoms with Gasteiger partial charge < -0.3 is 14.3 Å². The molecule has 0 fully saturated rings. The molecule has 0 saturated heterocycles. The molecule has 0 saturated carbocycles. The highest BCUT2D eigenvalue weighted by Gasteiger charge is 2.41. The van der Waals surface area contributed by atoms with Crippen LogP contribution in [0.2, 0.25) is 0 Å². The maximum atomic E-state index is 11.2. The van der Waals surface area contributed by atoms with E-state index in [9.17, 15) is 4.79 Å². The number of rotatable bonds is 3. The smallest absolute Gasteiger partial charge is 0.284 e. The Morgan fingerprint density at radius 2 is 1.45 bits per heavy atom. The first-order chi connectivity index (χ1) is 10.8. The van der Waals surface area contributed by atoms with Crippen molar-refractivity contribution in [3.8, 4) is 11.5 Å². The zero-order valence-corrected chi connectivity index (χ0v) is 11.9. The van der Waals surface area contributed by atoms with Crippen molar-refractivity contribution >= 4 is 17.1 Å². The normalized spacial score (nSPS) is 14.9. The Bertz CT molecular complexity index is 799. The molecule has 0 radical (unpaired) electrons. The Morgan fingerprint density at radius 1 is 0.818 bits per heavy atom. The van der Waals surface area contributed by atoms with Gasteiger partial charge in [-0.25, -0.2) is 0 Å². The van der Waals surface area contributed by atoms with Crippen molar-refractivity contribution in [3.05, 3.63) is 72.3 Å². The molecule has 1 aliphatic rings. The second-order valence-electron chi connectivity index (χ2n) is 5.30. The van der Waals surface area contributed by atoms with Crippen LogP contribution < -0.4 is 9.47 Å². The van der Waals surface area contributed by atoms with Crippen molar-refractivity contribution in [1.29, 1.82) is 0 Å². The van der Waals surface area contributed by atoms with E-state index in [4.69, 9.17) is 9.47 Å². The average molecular weight is 290 g/mol. The lowest BCUT2D eigenvalue weighted by molar-refractivity contribution is -0.143. The van der Waals surface area contributed by atoms with Gasteiger partial charge in [-0.1, -0.05) is 54.6 Å². The molecule has 0 aromatic heterocycles. The van der Waals surface area contributed by atoms with Gasteiger partial charge in [-0.05, 0) is 17.5 Å². The minimum Gasteiger partial charge on any atom is -0.447 e. The molecule has 3 aromatic rings. The number of carbonyl (C=O) groups excluding carboxylic acids is 1. The largest absolute Gasteiger partial charge is 0.447 e. The summed E-state index contributed by atoms with van der Waals surface area (Å²) in [6.45, 7) is 0. The van der Waals surface area contributed by atoms with Crippen LogP contribution in [0.15, 0.2) is 66.7 Å². The van der Waals surface area contributed by atoms with Gasteiger partial charge in [0.1, 0.15) is 17.8 Å². The van der Waals surface area contributed by atoms with Crippen LogP contribution in [0, 0.1) is 0 Å². The molecule has 3 aromatic carbocycles. The summed E-state index contributed by atoms with van der Waals surface area (Å²) >= 11 is 0. The van der Waals surface area contributed by atoms with Gasteiger partial charge in [0.2, 0.25) is 0 Å². The van der Waals surface area contributed by atoms with Gasteiger partial charge in [-0.3, -0.25) is 0 Å². The molecule has 3 nitrogen and oxygen atoms in total. The Balaban J connectivity index is 1.93. The summed E-state index contributed by atoms with van der Waals surface area (Å²) in [6, 6.07) is 21.3. The molecular formula is C19H14O3. The van der Waals surface area contributed by atoms with Crippen LogP contribution in [-0.2, 0) is 10.6 Å². The highest BCUT2D eigenvalue weighted by molar-refractivity contribution is 5.94. The van der Waals surface area contributed by atoms with Gasteiger partial charge >= 0.3 is 0 Å². The van der Waals surface area contributed by atoms with Crippen LogP contribution >= 0.6 is 0 Å². The fourth-order valence-electron chi connectivity index (χ4n) is 2.94. The van der Waals surface area contributed by atoms with Gasteiger partial charge in [0, 0.05) is 5.56 Å². The van der Waals surface area contributed by atoms with E-state index in [0.717, 1.165) is 34.1 Å². The van der Waals surface area contributed by atoms with E-state index >= 15 is 0 Å². The summed E-state index contributed by atoms with van der Waals surface area (Å²) in [7, 11) is 0. The van der Waals surface area contributed by atoms with E-state index in [0.29, 0.717) is 0 Å². The highest BCUT2D eigenvalue weighted by Crippen LogP contribution is 2.45. The Labute approximate surface area is 128 Å². The standard InChI is InChI=1S/C19H14O3/c20-13-12-19(15-8-2-1-3-9-15)21-16-10-4-6-14-7-5-11-17(22-19)18(14)16/h1-11,13H,12H2. The number of benzene rings is 3. The van der Waals surface area contributed by atoms with Gasteiger partial charge in [0.25, 0.3) is 5.79 Å². The van der Waals surface area contributed by atoms with E-state index < -0.39 is 5.79 Å². The predicted octanol–water partition coefficient (Wildman–Crippen LogP) is 4.05. The lowest BCUT2D eigenvalue weighted by Gasteiger charge is -2.37. The number of hydrogen-bond donors (Lipinski definition) is 0. The van der Waals surface area contributed by atoms with Crippen molar-refractivity contribution in [2.75, 3.05) is 0 Å². The second kappa shape index (κ2) is 4.88. The van der Waals surface area contributed by atoms with E-state index in [-0.39, 0.29) is 6.42 Å². The molecule has 0 bridgehead atoms. The summed E-state index contributed by atoms with van der Waals surface area (Å²) in [6.07, 6.45) is 0.961. The van der Waals surface area contributed by atoms with Crippen molar-refractivity contribution in [3.63, 3.8) is 0 Å². The molecule has 0 unspecified atom stereocenters. The third-order valence-corrected chi connectivity index (χ3v) is 3.94. The third kappa shape index (κ3) is 1.86. The number of ether oxygens (including phenoxy) is 2. The molecule has 0 spiro atoms. The van der Waals surface area contributed by atoms with Crippen LogP contribution in [-0.4, -0.2) is 6.29 Å². The van der Waals surface area contributed by atoms with Crippen LogP contribution in [0.5, 0.6) is 11.5 Å². The van der Waals surface area contributed by atoms with Gasteiger partial charge in [0.05, 0.1) is 11.8 Å². The van der Waals surface area contributed by atoms with Crippen LogP contribution in [0.1, 0.15) is 12.0 Å². The average Bonchev–Trinajstić information content (AvgIpc) is 2.56. The second-order valence-corrected chi connectivity index (χ2v) is 5.30. The van der Waals surface area contributed by atoms with Gasteiger partial charge in [-0.15, -0.1) is 0 Å². The summed E-state index contributed by atoms with van der Waals surface area (Å²) in [4.78, 5) is 11.2. The topological polar surface area (TPSA) is 35.5 Å². The minimum atomic E-state index is -1.11. The van der Waals surface area contributed by atoms with Crippen molar-refractivity contribution in [2.24, 2.45) is 0 Å². The monoisotopic (exact) mass is 290 g/mol. The first-order valence-corrected chi connectivity index (χ1v) is 7.21. The highest BCUT2D eigenvalue weighted by atomic mass is 16.7. The first kappa shape index (κ1) is 12.9. The molecule has 0 N–H and O–H groups in total. The molecule has 3 heteroatoms. The van der Waals surface area contributed by atoms with E-state index in [1.165, 1.54) is 0 Å². The fourth-order valence-corrected chi connectivity index (χ4v) is 2.94. The Kier molecular flexibility index (Phi) is 2.86. The Hall–Kier alpha value is -2.81. The zero-order chi connectivity index (χ0) is 15.0. The Morgan fingerprint density at radius 3 is 2.05 bits per heavy atom. The SMILES string of the molecule is O=CCC1(c2ccccc2)Oc2cccc3cccc(c23)O1. The van der Waals surface area contributed by atoms with E-state index in [1.807, 2.05) is 66.7 Å². The van der Waals surface area contributed by atoms with Crippen molar-refractivity contribution in [1.82, 2.24) is 0 Å².